The molecule has 0 N–H and O–H groups in total. The molecule has 0 atom stereocenters. The molecule has 5 heteroatoms. The van der Waals surface area contributed by atoms with Crippen LogP contribution in [-0.4, -0.2) is 20.4 Å². The second-order valence-electron chi connectivity index (χ2n) is 2.90. The van der Waals surface area contributed by atoms with E-state index in [1.54, 1.807) is 7.11 Å². The van der Waals surface area contributed by atoms with E-state index >= 15 is 0 Å². The number of benzene rings is 1. The van der Waals surface area contributed by atoms with Gasteiger partial charge in [-0.1, -0.05) is 17.2 Å². The Bertz CT molecular complexity index is 331. The maximum Gasteiger partial charge on any atom is 0.188 e. The zero-order valence-electron chi connectivity index (χ0n) is 8.59. The van der Waals surface area contributed by atoms with Crippen molar-refractivity contribution in [1.29, 1.82) is 0 Å². The lowest BCUT2D eigenvalue weighted by Crippen LogP contribution is -1.98. The van der Waals surface area contributed by atoms with Crippen molar-refractivity contribution in [3.8, 4) is 5.75 Å². The Morgan fingerprint density at radius 2 is 2.07 bits per heavy atom. The first kappa shape index (κ1) is 11.4. The first-order valence-corrected chi connectivity index (χ1v) is 4.58. The Labute approximate surface area is 88.3 Å². The molecule has 0 aromatic heterocycles. The lowest BCUT2D eigenvalue weighted by Gasteiger charge is -2.04. The summed E-state index contributed by atoms with van der Waals surface area (Å²) in [5.74, 6) is 0.768. The summed E-state index contributed by atoms with van der Waals surface area (Å²) in [6.07, 6.45) is 0.745. The average molecular weight is 207 g/mol. The molecule has 0 unspecified atom stereocenters. The summed E-state index contributed by atoms with van der Waals surface area (Å²) in [6, 6.07) is 7.62. The maximum atomic E-state index is 8.11. The molecule has 0 heterocycles. The third-order valence-corrected chi connectivity index (χ3v) is 1.83. The number of methoxy groups -OCH3 is 1. The minimum Gasteiger partial charge on any atom is -0.468 e. The van der Waals surface area contributed by atoms with Crippen molar-refractivity contribution in [2.75, 3.05) is 20.4 Å². The molecule has 0 bridgehead atoms. The van der Waals surface area contributed by atoms with Crippen LogP contribution in [0.15, 0.2) is 29.4 Å². The van der Waals surface area contributed by atoms with Crippen LogP contribution in [0.3, 0.4) is 0 Å². The van der Waals surface area contributed by atoms with Crippen LogP contribution in [-0.2, 0) is 11.2 Å². The normalized spacial score (nSPS) is 9.40. The summed E-state index contributed by atoms with van der Waals surface area (Å²) in [4.78, 5) is 2.69. The van der Waals surface area contributed by atoms with Crippen molar-refractivity contribution in [3.05, 3.63) is 40.3 Å². The Hall–Kier alpha value is -1.71. The molecular formula is C10H13N3O2. The quantitative estimate of drug-likeness (QED) is 0.311. The van der Waals surface area contributed by atoms with Crippen LogP contribution in [0.5, 0.6) is 5.75 Å². The third-order valence-electron chi connectivity index (χ3n) is 1.83. The summed E-state index contributed by atoms with van der Waals surface area (Å²) < 4.78 is 10.0. The number of ether oxygens (including phenoxy) is 2. The highest BCUT2D eigenvalue weighted by Crippen LogP contribution is 2.12. The standard InChI is InChI=1S/C10H13N3O2/c1-14-8-15-10-4-2-9(3-5-10)6-7-12-13-11/h2-5H,6-8H2,1H3. The van der Waals surface area contributed by atoms with E-state index in [4.69, 9.17) is 15.0 Å². The van der Waals surface area contributed by atoms with Crippen molar-refractivity contribution in [1.82, 2.24) is 0 Å². The topological polar surface area (TPSA) is 67.2 Å². The van der Waals surface area contributed by atoms with Gasteiger partial charge in [0, 0.05) is 18.6 Å². The van der Waals surface area contributed by atoms with Crippen LogP contribution in [0, 0.1) is 0 Å². The molecule has 0 saturated carbocycles. The van der Waals surface area contributed by atoms with E-state index in [9.17, 15) is 0 Å². The fourth-order valence-electron chi connectivity index (χ4n) is 1.10. The van der Waals surface area contributed by atoms with Crippen LogP contribution >= 0.6 is 0 Å². The van der Waals surface area contributed by atoms with Crippen LogP contribution in [0.1, 0.15) is 5.56 Å². The molecule has 1 aromatic rings. The van der Waals surface area contributed by atoms with Gasteiger partial charge in [0.2, 0.25) is 0 Å². The van der Waals surface area contributed by atoms with E-state index in [1.807, 2.05) is 24.3 Å². The average Bonchev–Trinajstić information content (AvgIpc) is 2.28. The van der Waals surface area contributed by atoms with Crippen LogP contribution in [0.25, 0.3) is 10.4 Å². The van der Waals surface area contributed by atoms with Gasteiger partial charge in [-0.2, -0.15) is 0 Å². The summed E-state index contributed by atoms with van der Waals surface area (Å²) in [7, 11) is 1.58. The van der Waals surface area contributed by atoms with Crippen LogP contribution in [0.2, 0.25) is 0 Å². The Balaban J connectivity index is 2.44. The number of azide groups is 1. The molecule has 5 nitrogen and oxygen atoms in total. The van der Waals surface area contributed by atoms with Gasteiger partial charge in [-0.05, 0) is 29.6 Å². The molecule has 0 spiro atoms. The molecule has 1 aromatic carbocycles. The molecule has 0 aliphatic heterocycles. The van der Waals surface area contributed by atoms with E-state index in [0.717, 1.165) is 17.7 Å². The molecule has 0 radical (unpaired) electrons. The monoisotopic (exact) mass is 207 g/mol. The van der Waals surface area contributed by atoms with E-state index in [-0.39, 0.29) is 6.79 Å². The number of rotatable bonds is 6. The number of hydrogen-bond donors (Lipinski definition) is 0. The molecule has 0 saturated heterocycles. The van der Waals surface area contributed by atoms with Gasteiger partial charge in [0.15, 0.2) is 6.79 Å². The lowest BCUT2D eigenvalue weighted by atomic mass is 10.1. The van der Waals surface area contributed by atoms with Crippen molar-refractivity contribution in [3.63, 3.8) is 0 Å². The zero-order chi connectivity index (χ0) is 10.9. The van der Waals surface area contributed by atoms with E-state index in [2.05, 4.69) is 10.0 Å². The lowest BCUT2D eigenvalue weighted by molar-refractivity contribution is 0.0511. The summed E-state index contributed by atoms with van der Waals surface area (Å²) in [5.41, 5.74) is 9.23. The van der Waals surface area contributed by atoms with Gasteiger partial charge in [-0.25, -0.2) is 0 Å². The maximum absolute atomic E-state index is 8.11. The molecule has 0 aliphatic rings. The summed E-state index contributed by atoms with van der Waals surface area (Å²) in [5, 5.41) is 3.47. The predicted molar refractivity (Wildman–Crippen MR) is 56.7 cm³/mol. The minimum absolute atomic E-state index is 0.248. The number of hydrogen-bond acceptors (Lipinski definition) is 3. The highest BCUT2D eigenvalue weighted by Gasteiger charge is 1.94. The van der Waals surface area contributed by atoms with Gasteiger partial charge in [-0.3, -0.25) is 0 Å². The highest BCUT2D eigenvalue weighted by molar-refractivity contribution is 5.27. The van der Waals surface area contributed by atoms with Crippen LogP contribution < -0.4 is 4.74 Å². The van der Waals surface area contributed by atoms with E-state index in [1.165, 1.54) is 0 Å². The van der Waals surface area contributed by atoms with E-state index < -0.39 is 0 Å². The first-order chi connectivity index (χ1) is 7.36. The third kappa shape index (κ3) is 4.35. The zero-order valence-corrected chi connectivity index (χ0v) is 8.59. The van der Waals surface area contributed by atoms with Crippen LogP contribution in [0.4, 0.5) is 0 Å². The van der Waals surface area contributed by atoms with Gasteiger partial charge < -0.3 is 9.47 Å². The van der Waals surface area contributed by atoms with Gasteiger partial charge in [0.25, 0.3) is 0 Å². The van der Waals surface area contributed by atoms with Crippen molar-refractivity contribution in [2.45, 2.75) is 6.42 Å². The van der Waals surface area contributed by atoms with Gasteiger partial charge >= 0.3 is 0 Å². The second kappa shape index (κ2) is 6.70. The summed E-state index contributed by atoms with van der Waals surface area (Å²) in [6.45, 7) is 0.729. The second-order valence-corrected chi connectivity index (χ2v) is 2.90. The summed E-state index contributed by atoms with van der Waals surface area (Å²) >= 11 is 0. The number of nitrogens with zero attached hydrogens (tertiary/aromatic N) is 3. The Morgan fingerprint density at radius 3 is 2.67 bits per heavy atom. The Morgan fingerprint density at radius 1 is 1.33 bits per heavy atom. The molecule has 1 rings (SSSR count). The minimum atomic E-state index is 0.248. The SMILES string of the molecule is COCOc1ccc(CCN=[N+]=[N-])cc1. The fraction of sp³-hybridized carbons (Fsp3) is 0.400. The predicted octanol–water partition coefficient (Wildman–Crippen LogP) is 2.52. The van der Waals surface area contributed by atoms with E-state index in [0.29, 0.717) is 6.54 Å². The van der Waals surface area contributed by atoms with Gasteiger partial charge in [0.05, 0.1) is 0 Å². The molecule has 0 amide bonds. The highest BCUT2D eigenvalue weighted by atomic mass is 16.7. The Kier molecular flexibility index (Phi) is 5.08. The fourth-order valence-corrected chi connectivity index (χ4v) is 1.10. The largest absolute Gasteiger partial charge is 0.468 e. The molecule has 15 heavy (non-hydrogen) atoms. The van der Waals surface area contributed by atoms with Crippen molar-refractivity contribution < 1.29 is 9.47 Å². The van der Waals surface area contributed by atoms with Crippen molar-refractivity contribution >= 4 is 0 Å². The molecular weight excluding hydrogens is 194 g/mol. The first-order valence-electron chi connectivity index (χ1n) is 4.58. The molecule has 80 valence electrons. The molecule has 0 aliphatic carbocycles. The smallest absolute Gasteiger partial charge is 0.188 e. The van der Waals surface area contributed by atoms with Crippen molar-refractivity contribution in [2.24, 2.45) is 5.11 Å². The van der Waals surface area contributed by atoms with Gasteiger partial charge in [-0.15, -0.1) is 0 Å². The molecule has 0 fully saturated rings. The van der Waals surface area contributed by atoms with Gasteiger partial charge in [0.1, 0.15) is 5.75 Å².